The Labute approximate surface area is 85.0 Å². The van der Waals surface area contributed by atoms with Gasteiger partial charge < -0.3 is 5.73 Å². The molecule has 0 saturated heterocycles. The van der Waals surface area contributed by atoms with E-state index in [9.17, 15) is 0 Å². The fourth-order valence-electron chi connectivity index (χ4n) is 1.69. The summed E-state index contributed by atoms with van der Waals surface area (Å²) in [6.45, 7) is 3.83. The standard InChI is InChI=1S/C12H16N2/c13-9-11-3-5-12(6-4-11)10-14-7-1-2-8-14/h1-6H,7-10,13H2. The monoisotopic (exact) mass is 188 g/mol. The summed E-state index contributed by atoms with van der Waals surface area (Å²) in [5.41, 5.74) is 8.11. The zero-order chi connectivity index (χ0) is 9.80. The zero-order valence-corrected chi connectivity index (χ0v) is 8.32. The average molecular weight is 188 g/mol. The molecule has 1 aromatic carbocycles. The highest BCUT2D eigenvalue weighted by molar-refractivity contribution is 5.22. The lowest BCUT2D eigenvalue weighted by Crippen LogP contribution is -2.19. The molecule has 2 nitrogen and oxygen atoms in total. The van der Waals surface area contributed by atoms with Crippen molar-refractivity contribution >= 4 is 0 Å². The molecule has 2 heteroatoms. The van der Waals surface area contributed by atoms with Crippen molar-refractivity contribution in [3.63, 3.8) is 0 Å². The quantitative estimate of drug-likeness (QED) is 0.729. The Morgan fingerprint density at radius 1 is 1.00 bits per heavy atom. The van der Waals surface area contributed by atoms with E-state index in [0.29, 0.717) is 6.54 Å². The highest BCUT2D eigenvalue weighted by atomic mass is 15.1. The van der Waals surface area contributed by atoms with Gasteiger partial charge in [-0.2, -0.15) is 0 Å². The smallest absolute Gasteiger partial charge is 0.0240 e. The molecule has 0 unspecified atom stereocenters. The van der Waals surface area contributed by atoms with Crippen LogP contribution >= 0.6 is 0 Å². The summed E-state index contributed by atoms with van der Waals surface area (Å²) in [5.74, 6) is 0. The van der Waals surface area contributed by atoms with Crippen molar-refractivity contribution in [2.75, 3.05) is 13.1 Å². The van der Waals surface area contributed by atoms with Crippen molar-refractivity contribution in [2.45, 2.75) is 13.1 Å². The third kappa shape index (κ3) is 2.22. The molecule has 0 aromatic heterocycles. The Bertz CT molecular complexity index is 306. The summed E-state index contributed by atoms with van der Waals surface area (Å²) in [6.07, 6.45) is 4.43. The molecule has 0 amide bonds. The summed E-state index contributed by atoms with van der Waals surface area (Å²) in [4.78, 5) is 2.40. The van der Waals surface area contributed by atoms with Gasteiger partial charge in [-0.1, -0.05) is 36.4 Å². The number of nitrogens with two attached hydrogens (primary N) is 1. The lowest BCUT2D eigenvalue weighted by Gasteiger charge is -2.14. The first-order valence-corrected chi connectivity index (χ1v) is 5.04. The van der Waals surface area contributed by atoms with Crippen molar-refractivity contribution in [1.29, 1.82) is 0 Å². The van der Waals surface area contributed by atoms with Crippen molar-refractivity contribution in [3.05, 3.63) is 47.5 Å². The van der Waals surface area contributed by atoms with E-state index in [-0.39, 0.29) is 0 Å². The minimum absolute atomic E-state index is 0.631. The number of rotatable bonds is 3. The fraction of sp³-hybridized carbons (Fsp3) is 0.333. The van der Waals surface area contributed by atoms with Gasteiger partial charge in [0, 0.05) is 26.2 Å². The first kappa shape index (κ1) is 9.44. The first-order valence-electron chi connectivity index (χ1n) is 5.04. The van der Waals surface area contributed by atoms with E-state index in [1.54, 1.807) is 0 Å². The third-order valence-corrected chi connectivity index (χ3v) is 2.56. The average Bonchev–Trinajstić information content (AvgIpc) is 2.72. The van der Waals surface area contributed by atoms with Gasteiger partial charge in [-0.25, -0.2) is 0 Å². The van der Waals surface area contributed by atoms with E-state index in [1.165, 1.54) is 11.1 Å². The molecule has 0 radical (unpaired) electrons. The van der Waals surface area contributed by atoms with Gasteiger partial charge in [0.1, 0.15) is 0 Å². The van der Waals surface area contributed by atoms with Gasteiger partial charge in [0.15, 0.2) is 0 Å². The largest absolute Gasteiger partial charge is 0.326 e. The van der Waals surface area contributed by atoms with E-state index >= 15 is 0 Å². The maximum absolute atomic E-state index is 5.54. The molecule has 0 bridgehead atoms. The molecule has 1 heterocycles. The summed E-state index contributed by atoms with van der Waals surface area (Å²) in [7, 11) is 0. The van der Waals surface area contributed by atoms with Crippen LogP contribution in [0.3, 0.4) is 0 Å². The molecule has 2 N–H and O–H groups in total. The molecule has 0 aliphatic carbocycles. The van der Waals surface area contributed by atoms with Crippen LogP contribution in [0.2, 0.25) is 0 Å². The van der Waals surface area contributed by atoms with Gasteiger partial charge in [0.25, 0.3) is 0 Å². The Morgan fingerprint density at radius 2 is 1.57 bits per heavy atom. The van der Waals surface area contributed by atoms with Gasteiger partial charge >= 0.3 is 0 Å². The van der Waals surface area contributed by atoms with Crippen molar-refractivity contribution in [3.8, 4) is 0 Å². The van der Waals surface area contributed by atoms with Crippen molar-refractivity contribution in [1.82, 2.24) is 4.90 Å². The van der Waals surface area contributed by atoms with Crippen LogP contribution in [0.5, 0.6) is 0 Å². The number of hydrogen-bond acceptors (Lipinski definition) is 2. The van der Waals surface area contributed by atoms with Crippen LogP contribution in [0.1, 0.15) is 11.1 Å². The molecule has 1 aromatic rings. The SMILES string of the molecule is NCc1ccc(CN2CC=CC2)cc1. The topological polar surface area (TPSA) is 29.3 Å². The highest BCUT2D eigenvalue weighted by Gasteiger charge is 2.06. The second-order valence-corrected chi connectivity index (χ2v) is 3.69. The van der Waals surface area contributed by atoms with Gasteiger partial charge in [-0.3, -0.25) is 4.90 Å². The molecule has 14 heavy (non-hydrogen) atoms. The molecular weight excluding hydrogens is 172 g/mol. The minimum Gasteiger partial charge on any atom is -0.326 e. The molecule has 74 valence electrons. The van der Waals surface area contributed by atoms with E-state index in [4.69, 9.17) is 5.73 Å². The Hall–Kier alpha value is -1.12. The third-order valence-electron chi connectivity index (χ3n) is 2.56. The normalized spacial score (nSPS) is 16.4. The Balaban J connectivity index is 1.96. The molecule has 2 rings (SSSR count). The van der Waals surface area contributed by atoms with Gasteiger partial charge in [-0.05, 0) is 11.1 Å². The summed E-state index contributed by atoms with van der Waals surface area (Å²) in [6, 6.07) is 8.55. The van der Waals surface area contributed by atoms with Crippen LogP contribution in [-0.2, 0) is 13.1 Å². The fourth-order valence-corrected chi connectivity index (χ4v) is 1.69. The van der Waals surface area contributed by atoms with Gasteiger partial charge in [-0.15, -0.1) is 0 Å². The van der Waals surface area contributed by atoms with E-state index < -0.39 is 0 Å². The lowest BCUT2D eigenvalue weighted by atomic mass is 10.1. The molecule has 0 fully saturated rings. The van der Waals surface area contributed by atoms with Crippen molar-refractivity contribution in [2.24, 2.45) is 5.73 Å². The van der Waals surface area contributed by atoms with Crippen LogP contribution in [0, 0.1) is 0 Å². The van der Waals surface area contributed by atoms with E-state index in [0.717, 1.165) is 19.6 Å². The second-order valence-electron chi connectivity index (χ2n) is 3.69. The lowest BCUT2D eigenvalue weighted by molar-refractivity contribution is 0.345. The molecule has 1 aliphatic rings. The predicted molar refractivity (Wildman–Crippen MR) is 58.8 cm³/mol. The second kappa shape index (κ2) is 4.40. The first-order chi connectivity index (χ1) is 6.88. The maximum Gasteiger partial charge on any atom is 0.0240 e. The summed E-state index contributed by atoms with van der Waals surface area (Å²) >= 11 is 0. The Morgan fingerprint density at radius 3 is 2.14 bits per heavy atom. The maximum atomic E-state index is 5.54. The zero-order valence-electron chi connectivity index (χ0n) is 8.32. The molecule has 1 aliphatic heterocycles. The number of benzene rings is 1. The number of nitrogens with zero attached hydrogens (tertiary/aromatic N) is 1. The molecule has 0 spiro atoms. The summed E-state index contributed by atoms with van der Waals surface area (Å²) < 4.78 is 0. The van der Waals surface area contributed by atoms with Crippen molar-refractivity contribution < 1.29 is 0 Å². The van der Waals surface area contributed by atoms with Crippen LogP contribution in [0.25, 0.3) is 0 Å². The predicted octanol–water partition coefficient (Wildman–Crippen LogP) is 1.52. The van der Waals surface area contributed by atoms with Crippen LogP contribution in [-0.4, -0.2) is 18.0 Å². The molecule has 0 atom stereocenters. The van der Waals surface area contributed by atoms with Gasteiger partial charge in [0.2, 0.25) is 0 Å². The highest BCUT2D eigenvalue weighted by Crippen LogP contribution is 2.09. The number of hydrogen-bond donors (Lipinski definition) is 1. The van der Waals surface area contributed by atoms with Crippen LogP contribution in [0.15, 0.2) is 36.4 Å². The molecule has 0 saturated carbocycles. The minimum atomic E-state index is 0.631. The Kier molecular flexibility index (Phi) is 2.96. The van der Waals surface area contributed by atoms with Gasteiger partial charge in [0.05, 0.1) is 0 Å². The molecular formula is C12H16N2. The van der Waals surface area contributed by atoms with E-state index in [1.807, 2.05) is 0 Å². The van der Waals surface area contributed by atoms with Crippen LogP contribution in [0.4, 0.5) is 0 Å². The van der Waals surface area contributed by atoms with Crippen LogP contribution < -0.4 is 5.73 Å². The van der Waals surface area contributed by atoms with E-state index in [2.05, 4.69) is 41.3 Å². The summed E-state index contributed by atoms with van der Waals surface area (Å²) in [5, 5.41) is 0.